The molecule has 0 aliphatic carbocycles. The molecule has 4 nitrogen and oxygen atoms in total. The fourth-order valence-corrected chi connectivity index (χ4v) is 2.80. The van der Waals surface area contributed by atoms with Crippen molar-refractivity contribution in [1.29, 1.82) is 0 Å². The number of hydrogen-bond acceptors (Lipinski definition) is 4. The van der Waals surface area contributed by atoms with Gasteiger partial charge in [0.05, 0.1) is 0 Å². The van der Waals surface area contributed by atoms with Crippen LogP contribution in [-0.4, -0.2) is 11.9 Å². The van der Waals surface area contributed by atoms with Gasteiger partial charge in [0.2, 0.25) is 0 Å². The van der Waals surface area contributed by atoms with E-state index in [1.165, 1.54) is 0 Å². The van der Waals surface area contributed by atoms with Gasteiger partial charge in [-0.3, -0.25) is 0 Å². The molecule has 2 unspecified atom stereocenters. The maximum Gasteiger partial charge on any atom is 1.00 e. The predicted molar refractivity (Wildman–Crippen MR) is 85.7 cm³/mol. The van der Waals surface area contributed by atoms with Gasteiger partial charge in [-0.25, -0.2) is 0 Å². The first-order valence-electron chi connectivity index (χ1n) is 8.02. The number of rotatable bonds is 6. The second kappa shape index (κ2) is 14.2. The van der Waals surface area contributed by atoms with Crippen LogP contribution in [-0.2, 0) is 43.7 Å². The largest absolute Gasteiger partial charge is 1.00 e. The fourth-order valence-electron chi connectivity index (χ4n) is 2.80. The van der Waals surface area contributed by atoms with Gasteiger partial charge < -0.3 is 19.8 Å². The van der Waals surface area contributed by atoms with E-state index in [1.54, 1.807) is 0 Å². The van der Waals surface area contributed by atoms with Gasteiger partial charge in [-0.2, -0.15) is 0 Å². The topological polar surface area (TPSA) is 80.3 Å². The first kappa shape index (κ1) is 31.7. The zero-order valence-corrected chi connectivity index (χ0v) is 18.1. The van der Waals surface area contributed by atoms with Crippen LogP contribution in [0.25, 0.3) is 0 Å². The van der Waals surface area contributed by atoms with Gasteiger partial charge in [-0.05, 0) is 48.3 Å². The Labute approximate surface area is 169 Å². The van der Waals surface area contributed by atoms with Crippen LogP contribution in [0.1, 0.15) is 81.1 Å². The van der Waals surface area contributed by atoms with Crippen LogP contribution in [0.15, 0.2) is 0 Å². The summed E-state index contributed by atoms with van der Waals surface area (Å²) in [5, 5.41) is 20.4. The van der Waals surface area contributed by atoms with Gasteiger partial charge in [0.1, 0.15) is 0 Å². The Bertz CT molecular complexity index is 310. The zero-order valence-electron chi connectivity index (χ0n) is 16.2. The van der Waals surface area contributed by atoms with Gasteiger partial charge in [-0.15, -0.1) is 0 Å². The second-order valence-corrected chi connectivity index (χ2v) is 8.89. The maximum absolute atomic E-state index is 10.2. The van der Waals surface area contributed by atoms with Crippen LogP contribution >= 0.6 is 0 Å². The van der Waals surface area contributed by atoms with Crippen LogP contribution in [0.5, 0.6) is 0 Å². The molecule has 0 aliphatic heterocycles. The van der Waals surface area contributed by atoms with Crippen LogP contribution in [0.4, 0.5) is 0 Å². The van der Waals surface area contributed by atoms with E-state index in [-0.39, 0.29) is 69.6 Å². The maximum atomic E-state index is 10.2. The molecule has 0 bridgehead atoms. The van der Waals surface area contributed by atoms with E-state index in [0.29, 0.717) is 0 Å². The molecule has 6 heteroatoms. The molecule has 0 heterocycles. The molecule has 0 aliphatic rings. The summed E-state index contributed by atoms with van der Waals surface area (Å²) in [6, 6.07) is 0. The average molecular weight is 442 g/mol. The number of carbonyl (C=O) groups excluding carboxylic acids is 2. The Balaban J connectivity index is -0.000000154. The Kier molecular flexibility index (Phi) is 18.7. The molecule has 0 saturated heterocycles. The number of hydrogen-bond donors (Lipinski definition) is 0. The molecule has 0 fully saturated rings. The Morgan fingerprint density at radius 3 is 1.04 bits per heavy atom. The molecule has 152 valence electrons. The standard InChI is InChI=1S/2C9H18O2.2Cu/c2*1-7(5-8(10)11)6-9(2,3)4;;/h2*7H,5-6H2,1-4H3,(H,10,11);;/q;;2*+1/p-2. The summed E-state index contributed by atoms with van der Waals surface area (Å²) >= 11 is 0. The number of aliphatic carboxylic acids is 2. The van der Waals surface area contributed by atoms with Crippen molar-refractivity contribution in [3.63, 3.8) is 0 Å². The summed E-state index contributed by atoms with van der Waals surface area (Å²) in [4.78, 5) is 20.4. The van der Waals surface area contributed by atoms with Crippen molar-refractivity contribution in [2.45, 2.75) is 81.1 Å². The second-order valence-electron chi connectivity index (χ2n) is 8.89. The van der Waals surface area contributed by atoms with Crippen molar-refractivity contribution in [3.05, 3.63) is 0 Å². The number of carboxylic acids is 2. The van der Waals surface area contributed by atoms with E-state index in [0.717, 1.165) is 12.8 Å². The number of carbonyl (C=O) groups is 2. The molecular formula is C18H34Cu2O4. The van der Waals surface area contributed by atoms with Crippen LogP contribution in [0, 0.1) is 22.7 Å². The first-order valence-corrected chi connectivity index (χ1v) is 8.02. The van der Waals surface area contributed by atoms with Crippen molar-refractivity contribution in [3.8, 4) is 0 Å². The van der Waals surface area contributed by atoms with Crippen molar-refractivity contribution in [1.82, 2.24) is 0 Å². The third-order valence-electron chi connectivity index (χ3n) is 2.95. The summed E-state index contributed by atoms with van der Waals surface area (Å²) in [5.41, 5.74) is 0.434. The summed E-state index contributed by atoms with van der Waals surface area (Å²) in [6.45, 7) is 16.6. The molecular weight excluding hydrogens is 407 g/mol. The fraction of sp³-hybridized carbons (Fsp3) is 0.889. The van der Waals surface area contributed by atoms with Crippen LogP contribution in [0.3, 0.4) is 0 Å². The summed E-state index contributed by atoms with van der Waals surface area (Å²) < 4.78 is 0. The van der Waals surface area contributed by atoms with E-state index in [1.807, 2.05) is 13.8 Å². The summed E-state index contributed by atoms with van der Waals surface area (Å²) in [7, 11) is 0. The molecule has 0 aromatic rings. The van der Waals surface area contributed by atoms with Crippen molar-refractivity contribution < 1.29 is 53.9 Å². The quantitative estimate of drug-likeness (QED) is 0.593. The monoisotopic (exact) mass is 440 g/mol. The number of carboxylic acid groups (broad SMARTS) is 2. The van der Waals surface area contributed by atoms with E-state index in [9.17, 15) is 19.8 Å². The predicted octanol–water partition coefficient (Wildman–Crippen LogP) is 2.39. The Hall–Kier alpha value is -0.0210. The van der Waals surface area contributed by atoms with Gasteiger partial charge in [0.15, 0.2) is 0 Å². The average Bonchev–Trinajstić information content (AvgIpc) is 2.07. The Morgan fingerprint density at radius 2 is 0.917 bits per heavy atom. The first-order chi connectivity index (χ1) is 9.62. The molecule has 0 radical (unpaired) electrons. The molecule has 0 aromatic heterocycles. The zero-order chi connectivity index (χ0) is 18.1. The molecule has 0 rings (SSSR count). The van der Waals surface area contributed by atoms with E-state index >= 15 is 0 Å². The van der Waals surface area contributed by atoms with Crippen molar-refractivity contribution in [2.24, 2.45) is 22.7 Å². The van der Waals surface area contributed by atoms with Crippen molar-refractivity contribution in [2.75, 3.05) is 0 Å². The molecule has 24 heavy (non-hydrogen) atoms. The smallest absolute Gasteiger partial charge is 0.550 e. The summed E-state index contributed by atoms with van der Waals surface area (Å²) in [5.74, 6) is -1.44. The summed E-state index contributed by atoms with van der Waals surface area (Å²) in [6.07, 6.45) is 2.22. The minimum atomic E-state index is -0.943. The van der Waals surface area contributed by atoms with Gasteiger partial charge in [0.25, 0.3) is 0 Å². The SMILES string of the molecule is CC(CC(=O)[O-])CC(C)(C)C.CC(CC(=O)[O-])CC(C)(C)C.[Cu+].[Cu+]. The van der Waals surface area contributed by atoms with Crippen LogP contribution in [0.2, 0.25) is 0 Å². The molecule has 0 aromatic carbocycles. The van der Waals surface area contributed by atoms with Crippen LogP contribution < -0.4 is 10.2 Å². The van der Waals surface area contributed by atoms with Crippen molar-refractivity contribution >= 4 is 11.9 Å². The van der Waals surface area contributed by atoms with E-state index < -0.39 is 11.9 Å². The van der Waals surface area contributed by atoms with E-state index in [4.69, 9.17) is 0 Å². The molecule has 0 saturated carbocycles. The third kappa shape index (κ3) is 29.9. The Morgan fingerprint density at radius 1 is 0.708 bits per heavy atom. The minimum Gasteiger partial charge on any atom is -0.550 e. The molecule has 0 spiro atoms. The van der Waals surface area contributed by atoms with E-state index in [2.05, 4.69) is 41.5 Å². The van der Waals surface area contributed by atoms with Gasteiger partial charge in [0, 0.05) is 11.9 Å². The van der Waals surface area contributed by atoms with Gasteiger partial charge in [-0.1, -0.05) is 55.4 Å². The molecule has 0 N–H and O–H groups in total. The third-order valence-corrected chi connectivity index (χ3v) is 2.95. The molecule has 0 amide bonds. The minimum absolute atomic E-state index is 0. The molecule has 2 atom stereocenters. The van der Waals surface area contributed by atoms with Gasteiger partial charge >= 0.3 is 34.1 Å². The normalized spacial score (nSPS) is 13.3.